The number of carbonyl (C=O) groups is 2. The molecule has 6 rings (SSSR count). The molecule has 0 atom stereocenters. The Balaban J connectivity index is 1.36. The monoisotopic (exact) mass is 713 g/mol. The van der Waals surface area contributed by atoms with Gasteiger partial charge in [-0.2, -0.15) is 18.4 Å². The molecule has 0 bridgehead atoms. The van der Waals surface area contributed by atoms with Crippen LogP contribution in [0.25, 0.3) is 27.7 Å². The van der Waals surface area contributed by atoms with Crippen LogP contribution in [0, 0.1) is 34.6 Å². The van der Waals surface area contributed by atoms with E-state index in [1.54, 1.807) is 13.1 Å². The van der Waals surface area contributed by atoms with E-state index in [0.29, 0.717) is 11.8 Å². The van der Waals surface area contributed by atoms with Crippen molar-refractivity contribution in [2.24, 2.45) is 7.05 Å². The number of rotatable bonds is 6. The molecule has 0 unspecified atom stereocenters. The van der Waals surface area contributed by atoms with Gasteiger partial charge in [0.05, 0.1) is 45.4 Å². The molecule has 0 aliphatic heterocycles. The van der Waals surface area contributed by atoms with E-state index in [0.717, 1.165) is 24.3 Å². The van der Waals surface area contributed by atoms with E-state index in [2.05, 4.69) is 4.98 Å². The zero-order chi connectivity index (χ0) is 36.4. The Kier molecular flexibility index (Phi) is 8.02. The van der Waals surface area contributed by atoms with Crippen molar-refractivity contribution >= 4 is 43.8 Å². The molecule has 6 aromatic rings. The van der Waals surface area contributed by atoms with E-state index in [9.17, 15) is 54.0 Å². The van der Waals surface area contributed by atoms with E-state index >= 15 is 0 Å². The van der Waals surface area contributed by atoms with Crippen LogP contribution in [-0.2, 0) is 23.1 Å². The van der Waals surface area contributed by atoms with Gasteiger partial charge in [0, 0.05) is 30.6 Å². The number of anilines is 1. The summed E-state index contributed by atoms with van der Waals surface area (Å²) in [6.45, 7) is 0. The molecule has 0 spiro atoms. The first-order valence-corrected chi connectivity index (χ1v) is 15.9. The number of nitrogens with one attached hydrogen (secondary N) is 1. The lowest BCUT2D eigenvalue weighted by molar-refractivity contribution is -0.137. The predicted molar refractivity (Wildman–Crippen MR) is 164 cm³/mol. The molecule has 0 aliphatic carbocycles. The first-order chi connectivity index (χ1) is 23.4. The Morgan fingerprint density at radius 2 is 1.58 bits per heavy atom. The number of sulfone groups is 1. The highest BCUT2D eigenvalue weighted by Gasteiger charge is 2.36. The van der Waals surface area contributed by atoms with Crippen LogP contribution in [-0.4, -0.2) is 40.3 Å². The van der Waals surface area contributed by atoms with Gasteiger partial charge in [-0.05, 0) is 54.1 Å². The van der Waals surface area contributed by atoms with Gasteiger partial charge >= 0.3 is 6.18 Å². The SMILES string of the molecule is Cn1cnc2cc(-c3cccn4c(C(=O)c5ccc(NC(=O)c6c(F)c(F)c(S(C)(=O)=O)c(F)c6F)c(C#N)c5)ccc34)c(C(F)(F)F)cc21. The lowest BCUT2D eigenvalue weighted by Gasteiger charge is -2.15. The van der Waals surface area contributed by atoms with E-state index in [-0.39, 0.29) is 33.4 Å². The summed E-state index contributed by atoms with van der Waals surface area (Å²) in [4.78, 5) is 28.6. The maximum absolute atomic E-state index is 14.6. The van der Waals surface area contributed by atoms with Crippen LogP contribution in [0.5, 0.6) is 0 Å². The minimum atomic E-state index is -4.79. The number of halogens is 7. The third-order valence-corrected chi connectivity index (χ3v) is 8.96. The van der Waals surface area contributed by atoms with Crippen molar-refractivity contribution in [3.8, 4) is 17.2 Å². The topological polar surface area (TPSA) is 126 Å². The molecule has 1 N–H and O–H groups in total. The first-order valence-electron chi connectivity index (χ1n) is 14.0. The molecule has 9 nitrogen and oxygen atoms in total. The van der Waals surface area contributed by atoms with Crippen LogP contribution in [0.3, 0.4) is 0 Å². The molecule has 3 aromatic carbocycles. The zero-order valence-electron chi connectivity index (χ0n) is 25.3. The molecular formula is C33H18F7N5O4S. The third-order valence-electron chi connectivity index (χ3n) is 7.86. The van der Waals surface area contributed by atoms with Crippen LogP contribution in [0.4, 0.5) is 36.4 Å². The number of aryl methyl sites for hydroxylation is 1. The van der Waals surface area contributed by atoms with Gasteiger partial charge in [-0.3, -0.25) is 9.59 Å². The number of nitrogens with zero attached hydrogens (tertiary/aromatic N) is 4. The Bertz CT molecular complexity index is 2570. The minimum Gasteiger partial charge on any atom is -0.334 e. The molecule has 3 heterocycles. The number of hydrogen-bond donors (Lipinski definition) is 1. The summed E-state index contributed by atoms with van der Waals surface area (Å²) in [5.41, 5.74) is -3.03. The number of carbonyl (C=O) groups excluding carboxylic acids is 2. The number of benzene rings is 3. The molecule has 3 aromatic heterocycles. The first kappa shape index (κ1) is 33.9. The van der Waals surface area contributed by atoms with E-state index in [1.165, 1.54) is 51.8 Å². The Morgan fingerprint density at radius 1 is 0.900 bits per heavy atom. The summed E-state index contributed by atoms with van der Waals surface area (Å²) in [5.74, 6) is -11.7. The average molecular weight is 714 g/mol. The number of hydrogen-bond acceptors (Lipinski definition) is 6. The number of alkyl halides is 3. The summed E-state index contributed by atoms with van der Waals surface area (Å²) in [5, 5.41) is 11.6. The zero-order valence-corrected chi connectivity index (χ0v) is 26.1. The van der Waals surface area contributed by atoms with Gasteiger partial charge in [0.2, 0.25) is 5.78 Å². The summed E-state index contributed by atoms with van der Waals surface area (Å²) < 4.78 is 127. The third kappa shape index (κ3) is 5.52. The van der Waals surface area contributed by atoms with Gasteiger partial charge < -0.3 is 14.3 Å². The fourth-order valence-corrected chi connectivity index (χ4v) is 6.37. The van der Waals surface area contributed by atoms with Gasteiger partial charge in [-0.1, -0.05) is 6.07 Å². The summed E-state index contributed by atoms with van der Waals surface area (Å²) in [7, 11) is -3.23. The van der Waals surface area contributed by atoms with E-state index in [1.807, 2.05) is 5.32 Å². The maximum atomic E-state index is 14.6. The molecule has 17 heteroatoms. The van der Waals surface area contributed by atoms with Crippen LogP contribution in [0.1, 0.15) is 37.5 Å². The lowest BCUT2D eigenvalue weighted by Crippen LogP contribution is -2.21. The normalized spacial score (nSPS) is 12.0. The van der Waals surface area contributed by atoms with Crippen molar-refractivity contribution in [2.45, 2.75) is 11.1 Å². The predicted octanol–water partition coefficient (Wildman–Crippen LogP) is 6.83. The number of amides is 1. The lowest BCUT2D eigenvalue weighted by atomic mass is 9.98. The average Bonchev–Trinajstić information content (AvgIpc) is 3.65. The standard InChI is InChI=1S/C33H18F7N5O4S/c1-44-14-42-21-11-18(19(12-24(21)44)33(38,39)40)17-4-3-9-45-22(17)7-8-23(45)30(46)15-5-6-20(16(10-15)13-41)43-32(47)25-26(34)28(36)31(50(2,48)49)29(37)27(25)35/h3-12,14H,1-2H3,(H,43,47). The van der Waals surface area contributed by atoms with Gasteiger partial charge in [0.25, 0.3) is 5.91 Å². The molecule has 0 saturated heterocycles. The van der Waals surface area contributed by atoms with Gasteiger partial charge in [-0.15, -0.1) is 0 Å². The minimum absolute atomic E-state index is 0.0314. The molecule has 0 aliphatic rings. The van der Waals surface area contributed by atoms with Crippen LogP contribution >= 0.6 is 0 Å². The molecule has 0 fully saturated rings. The molecule has 1 amide bonds. The van der Waals surface area contributed by atoms with Crippen LogP contribution in [0.2, 0.25) is 0 Å². The Labute approximate surface area is 276 Å². The fourth-order valence-electron chi connectivity index (χ4n) is 5.54. The number of nitriles is 1. The second kappa shape index (κ2) is 11.8. The van der Waals surface area contributed by atoms with Gasteiger partial charge in [0.15, 0.2) is 33.1 Å². The van der Waals surface area contributed by atoms with E-state index < -0.39 is 78.2 Å². The second-order valence-corrected chi connectivity index (χ2v) is 13.0. The van der Waals surface area contributed by atoms with Crippen molar-refractivity contribution < 1.29 is 48.7 Å². The van der Waals surface area contributed by atoms with E-state index in [4.69, 9.17) is 0 Å². The van der Waals surface area contributed by atoms with Crippen molar-refractivity contribution in [3.63, 3.8) is 0 Å². The second-order valence-electron chi connectivity index (χ2n) is 11.0. The fraction of sp³-hybridized carbons (Fsp3) is 0.0909. The van der Waals surface area contributed by atoms with Crippen LogP contribution < -0.4 is 5.32 Å². The largest absolute Gasteiger partial charge is 0.417 e. The number of imidazole rings is 1. The van der Waals surface area contributed by atoms with Crippen molar-refractivity contribution in [1.82, 2.24) is 14.0 Å². The van der Waals surface area contributed by atoms with Crippen molar-refractivity contribution in [1.29, 1.82) is 5.26 Å². The quantitative estimate of drug-likeness (QED) is 0.115. The Hall–Kier alpha value is -6.02. The van der Waals surface area contributed by atoms with Crippen molar-refractivity contribution in [2.75, 3.05) is 11.6 Å². The molecule has 254 valence electrons. The Morgan fingerprint density at radius 3 is 2.20 bits per heavy atom. The molecular weight excluding hydrogens is 695 g/mol. The number of fused-ring (bicyclic) bond motifs is 2. The number of aromatic nitrogens is 3. The smallest absolute Gasteiger partial charge is 0.334 e. The van der Waals surface area contributed by atoms with Gasteiger partial charge in [0.1, 0.15) is 16.5 Å². The maximum Gasteiger partial charge on any atom is 0.417 e. The highest BCUT2D eigenvalue weighted by Crippen LogP contribution is 2.41. The molecule has 0 saturated carbocycles. The number of ketones is 1. The molecule has 0 radical (unpaired) electrons. The molecule has 50 heavy (non-hydrogen) atoms. The highest BCUT2D eigenvalue weighted by molar-refractivity contribution is 7.90. The summed E-state index contributed by atoms with van der Waals surface area (Å²) >= 11 is 0. The summed E-state index contributed by atoms with van der Waals surface area (Å²) in [6, 6.07) is 12.7. The highest BCUT2D eigenvalue weighted by atomic mass is 32.2. The van der Waals surface area contributed by atoms with Crippen LogP contribution in [0.15, 0.2) is 72.0 Å². The summed E-state index contributed by atoms with van der Waals surface area (Å²) in [6.07, 6.45) is -1.62. The van der Waals surface area contributed by atoms with Crippen molar-refractivity contribution in [3.05, 3.63) is 118 Å². The number of pyridine rings is 1. The van der Waals surface area contributed by atoms with Gasteiger partial charge in [-0.25, -0.2) is 31.0 Å².